The van der Waals surface area contributed by atoms with Gasteiger partial charge in [0.15, 0.2) is 0 Å². The first-order chi connectivity index (χ1) is 19.5. The van der Waals surface area contributed by atoms with Crippen LogP contribution in [0.25, 0.3) is 0 Å². The molecule has 41 heavy (non-hydrogen) atoms. The van der Waals surface area contributed by atoms with Gasteiger partial charge in [0, 0.05) is 41.9 Å². The Kier molecular flexibility index (Phi) is 8.17. The lowest BCUT2D eigenvalue weighted by Gasteiger charge is -2.37. The molecule has 0 saturated carbocycles. The number of carbonyl (C=O) groups excluding carboxylic acids is 2. The van der Waals surface area contributed by atoms with E-state index in [1.54, 1.807) is 34.3 Å². The van der Waals surface area contributed by atoms with Crippen LogP contribution in [-0.2, 0) is 16.0 Å². The lowest BCUT2D eigenvalue weighted by molar-refractivity contribution is -0.704. The van der Waals surface area contributed by atoms with Gasteiger partial charge in [0.25, 0.3) is 5.91 Å². The molecule has 1 fully saturated rings. The monoisotopic (exact) mass is 598 g/mol. The number of carbonyl (C=O) groups is 2. The van der Waals surface area contributed by atoms with Gasteiger partial charge in [-0.05, 0) is 62.7 Å². The van der Waals surface area contributed by atoms with Gasteiger partial charge in [-0.3, -0.25) is 15.2 Å². The molecule has 4 N–H and O–H groups in total. The molecule has 3 aliphatic rings. The van der Waals surface area contributed by atoms with Gasteiger partial charge in [-0.2, -0.15) is 0 Å². The average Bonchev–Trinajstić information content (AvgIpc) is 3.40. The van der Waals surface area contributed by atoms with E-state index in [-0.39, 0.29) is 6.09 Å². The molecule has 12 heteroatoms. The summed E-state index contributed by atoms with van der Waals surface area (Å²) in [7, 11) is 0. The van der Waals surface area contributed by atoms with Gasteiger partial charge in [0.2, 0.25) is 11.9 Å². The number of benzene rings is 2. The van der Waals surface area contributed by atoms with Crippen molar-refractivity contribution >= 4 is 52.4 Å². The summed E-state index contributed by atoms with van der Waals surface area (Å²) in [5, 5.41) is 2.82. The number of quaternary nitrogens is 1. The molecule has 2 aromatic rings. The molecule has 10 nitrogen and oxygen atoms in total. The predicted octanol–water partition coefficient (Wildman–Crippen LogP) is 3.40. The number of hydrogen-bond acceptors (Lipinski definition) is 7. The predicted molar refractivity (Wildman–Crippen MR) is 161 cm³/mol. The van der Waals surface area contributed by atoms with Crippen molar-refractivity contribution in [3.63, 3.8) is 0 Å². The Morgan fingerprint density at radius 3 is 2.34 bits per heavy atom. The zero-order chi connectivity index (χ0) is 29.3. The Hall–Kier alpha value is -3.73. The van der Waals surface area contributed by atoms with Crippen molar-refractivity contribution in [2.24, 2.45) is 10.7 Å². The maximum absolute atomic E-state index is 12.6. The Morgan fingerprint density at radius 2 is 1.73 bits per heavy atom. The van der Waals surface area contributed by atoms with Crippen LogP contribution in [0.15, 0.2) is 71.8 Å². The molecule has 0 bridgehead atoms. The number of primary amides is 1. The van der Waals surface area contributed by atoms with Crippen LogP contribution in [0.3, 0.4) is 0 Å². The van der Waals surface area contributed by atoms with Crippen molar-refractivity contribution < 1.29 is 19.2 Å². The standard InChI is InChI=1S/C29H33Cl2N7O3/c1-29(2,3)41-28(40)36-15-13-35(14-16-36)20-9-7-19(8-10-20)34-38-18-21(17-22-23(30)5-4-6-24(22)31)37-12-11-33-27(37)25(38)26(32)39/h4-12,18,25,34H,13-17H2,1-3H3,(H2,32,39)/p+1. The van der Waals surface area contributed by atoms with Crippen molar-refractivity contribution in [2.75, 3.05) is 36.5 Å². The van der Waals surface area contributed by atoms with E-state index in [0.717, 1.165) is 27.5 Å². The van der Waals surface area contributed by atoms with E-state index in [9.17, 15) is 9.59 Å². The lowest BCUT2D eigenvalue weighted by atomic mass is 10.1. The van der Waals surface area contributed by atoms with E-state index >= 15 is 0 Å². The Bertz CT molecular complexity index is 1390. The van der Waals surface area contributed by atoms with E-state index in [4.69, 9.17) is 33.7 Å². The van der Waals surface area contributed by atoms with Crippen LogP contribution in [0.5, 0.6) is 0 Å². The molecule has 2 amide bonds. The van der Waals surface area contributed by atoms with Crippen molar-refractivity contribution in [3.05, 3.63) is 82.4 Å². The Morgan fingerprint density at radius 1 is 1.07 bits per heavy atom. The van der Waals surface area contributed by atoms with Crippen molar-refractivity contribution in [1.82, 2.24) is 9.91 Å². The number of amides is 2. The topological polar surface area (TPSA) is 108 Å². The fourth-order valence-electron chi connectivity index (χ4n) is 5.05. The van der Waals surface area contributed by atoms with Crippen molar-refractivity contribution in [1.29, 1.82) is 0 Å². The molecule has 0 radical (unpaired) electrons. The van der Waals surface area contributed by atoms with E-state index in [1.807, 2.05) is 57.4 Å². The molecule has 5 rings (SSSR count). The third-order valence-electron chi connectivity index (χ3n) is 7.03. The maximum atomic E-state index is 12.6. The molecule has 1 saturated heterocycles. The summed E-state index contributed by atoms with van der Waals surface area (Å²) in [5.41, 5.74) is 12.2. The number of halogens is 2. The summed E-state index contributed by atoms with van der Waals surface area (Å²) in [6.45, 7) is 8.17. The number of fused-ring (bicyclic) bond motifs is 1. The Labute approximate surface area is 249 Å². The number of hydrogen-bond donors (Lipinski definition) is 3. The highest BCUT2D eigenvalue weighted by Crippen LogP contribution is 2.27. The summed E-state index contributed by atoms with van der Waals surface area (Å²) in [4.78, 5) is 34.3. The second-order valence-corrected chi connectivity index (χ2v) is 11.9. The maximum Gasteiger partial charge on any atom is 0.410 e. The number of piperazine rings is 1. The molecule has 3 aliphatic heterocycles. The van der Waals surface area contributed by atoms with Crippen LogP contribution in [0.1, 0.15) is 26.3 Å². The zero-order valence-corrected chi connectivity index (χ0v) is 24.7. The first kappa shape index (κ1) is 28.8. The highest BCUT2D eigenvalue weighted by molar-refractivity contribution is 6.36. The van der Waals surface area contributed by atoms with Crippen LogP contribution in [0, 0.1) is 0 Å². The minimum Gasteiger partial charge on any atom is -0.444 e. The van der Waals surface area contributed by atoms with Crippen LogP contribution < -0.4 is 21.0 Å². The van der Waals surface area contributed by atoms with Crippen molar-refractivity contribution in [3.8, 4) is 0 Å². The molecule has 2 atom stereocenters. The SMILES string of the molecule is CC(C)(C)OC(=O)N1CCN(c2ccc(NN3C=C(Cc4c(Cl)cccc4Cl)[NH+]4C=CN=C4C3C(N)=O)cc2)CC1. The van der Waals surface area contributed by atoms with Crippen LogP contribution >= 0.6 is 23.2 Å². The van der Waals surface area contributed by atoms with E-state index < -0.39 is 17.6 Å². The van der Waals surface area contributed by atoms with E-state index in [1.165, 1.54) is 0 Å². The fraction of sp³-hybridized carbons (Fsp3) is 0.345. The second kappa shape index (κ2) is 11.6. The first-order valence-corrected chi connectivity index (χ1v) is 14.2. The van der Waals surface area contributed by atoms with E-state index in [2.05, 4.69) is 15.3 Å². The smallest absolute Gasteiger partial charge is 0.410 e. The normalized spacial score (nSPS) is 20.4. The third kappa shape index (κ3) is 6.45. The number of allylic oxidation sites excluding steroid dienone is 1. The molecule has 3 heterocycles. The summed E-state index contributed by atoms with van der Waals surface area (Å²) < 4.78 is 5.50. The molecule has 2 aromatic carbocycles. The zero-order valence-electron chi connectivity index (χ0n) is 23.2. The third-order valence-corrected chi connectivity index (χ3v) is 7.74. The number of nitrogens with zero attached hydrogens (tertiary/aromatic N) is 4. The number of ether oxygens (including phenoxy) is 1. The quantitative estimate of drug-likeness (QED) is 0.470. The van der Waals surface area contributed by atoms with Crippen LogP contribution in [0.2, 0.25) is 10.0 Å². The highest BCUT2D eigenvalue weighted by atomic mass is 35.5. The van der Waals surface area contributed by atoms with Crippen LogP contribution in [-0.4, -0.2) is 65.6 Å². The van der Waals surface area contributed by atoms with Gasteiger partial charge in [-0.25, -0.2) is 14.7 Å². The number of anilines is 2. The Balaban J connectivity index is 1.30. The van der Waals surface area contributed by atoms with Gasteiger partial charge in [-0.1, -0.05) is 29.3 Å². The number of hydrazine groups is 1. The van der Waals surface area contributed by atoms with Gasteiger partial charge in [0.1, 0.15) is 17.5 Å². The fourth-order valence-corrected chi connectivity index (χ4v) is 5.58. The molecule has 0 aromatic heterocycles. The van der Waals surface area contributed by atoms with Gasteiger partial charge in [-0.15, -0.1) is 0 Å². The minimum atomic E-state index is -0.800. The summed E-state index contributed by atoms with van der Waals surface area (Å²) in [5.74, 6) is 0.0492. The van der Waals surface area contributed by atoms with Crippen LogP contribution in [0.4, 0.5) is 16.2 Å². The molecule has 216 valence electrons. The molecular formula is C29H34Cl2N7O3+. The van der Waals surface area contributed by atoms with Gasteiger partial charge < -0.3 is 20.3 Å². The number of aliphatic imine (C=N–C) groups is 1. The number of rotatable bonds is 6. The van der Waals surface area contributed by atoms with E-state index in [0.29, 0.717) is 48.5 Å². The first-order valence-electron chi connectivity index (χ1n) is 13.4. The number of amidine groups is 1. The number of nitrogens with one attached hydrogen (secondary N) is 2. The van der Waals surface area contributed by atoms with Gasteiger partial charge >= 0.3 is 6.09 Å². The molecule has 0 aliphatic carbocycles. The lowest BCUT2D eigenvalue weighted by Crippen LogP contribution is -3.11. The second-order valence-electron chi connectivity index (χ2n) is 11.1. The molecular weight excluding hydrogens is 565 g/mol. The molecule has 2 unspecified atom stereocenters. The summed E-state index contributed by atoms with van der Waals surface area (Å²) >= 11 is 12.9. The van der Waals surface area contributed by atoms with Gasteiger partial charge in [0.05, 0.1) is 24.5 Å². The highest BCUT2D eigenvalue weighted by Gasteiger charge is 2.43. The number of nitrogens with two attached hydrogens (primary N) is 1. The summed E-state index contributed by atoms with van der Waals surface area (Å²) in [6.07, 6.45) is 5.58. The largest absolute Gasteiger partial charge is 0.444 e. The minimum absolute atomic E-state index is 0.283. The average molecular weight is 600 g/mol. The van der Waals surface area contributed by atoms with Crippen molar-refractivity contribution in [2.45, 2.75) is 38.8 Å². The molecule has 0 spiro atoms. The summed E-state index contributed by atoms with van der Waals surface area (Å²) in [6, 6.07) is 12.5.